The number of nitrogens with zero attached hydrogens (tertiary/aromatic N) is 5. The summed E-state index contributed by atoms with van der Waals surface area (Å²) in [6.45, 7) is 5.04. The minimum Gasteiger partial charge on any atom is -0.497 e. The van der Waals surface area contributed by atoms with Crippen molar-refractivity contribution in [2.24, 2.45) is 0 Å². The van der Waals surface area contributed by atoms with Crippen molar-refractivity contribution >= 4 is 11.8 Å². The van der Waals surface area contributed by atoms with Crippen LogP contribution in [0.5, 0.6) is 5.75 Å². The maximum Gasteiger partial charge on any atom is 0.247 e. The van der Waals surface area contributed by atoms with E-state index in [2.05, 4.69) is 31.9 Å². The Hall–Kier alpha value is -2.35. The van der Waals surface area contributed by atoms with Crippen LogP contribution in [0.4, 0.5) is 0 Å². The molecule has 1 aromatic carbocycles. The van der Waals surface area contributed by atoms with Crippen molar-refractivity contribution in [1.82, 2.24) is 25.0 Å². The minimum atomic E-state index is -0.00366. The first-order valence-electron chi connectivity index (χ1n) is 8.77. The zero-order chi connectivity index (χ0) is 18.1. The lowest BCUT2D eigenvalue weighted by Gasteiger charge is -2.09. The van der Waals surface area contributed by atoms with Crippen molar-refractivity contribution < 1.29 is 9.15 Å². The standard InChI is InChI=1S/C18H21N5O2S/c1-4-23-15(12-5-6-12)19-22-18(23)26-11(2)16-20-21-17(25-16)13-7-9-14(24-3)10-8-13/h7-12H,4-6H2,1-3H3. The minimum absolute atomic E-state index is 0.00366. The summed E-state index contributed by atoms with van der Waals surface area (Å²) in [5.41, 5.74) is 0.870. The zero-order valence-electron chi connectivity index (χ0n) is 15.0. The van der Waals surface area contributed by atoms with Crippen molar-refractivity contribution in [3.05, 3.63) is 36.0 Å². The van der Waals surface area contributed by atoms with Crippen molar-refractivity contribution in [1.29, 1.82) is 0 Å². The SMILES string of the molecule is CCn1c(SC(C)c2nnc(-c3ccc(OC)cc3)o2)nnc1C1CC1. The van der Waals surface area contributed by atoms with Gasteiger partial charge in [-0.25, -0.2) is 0 Å². The first-order chi connectivity index (χ1) is 12.7. The summed E-state index contributed by atoms with van der Waals surface area (Å²) in [6.07, 6.45) is 2.43. The van der Waals surface area contributed by atoms with Crippen LogP contribution in [0.1, 0.15) is 49.6 Å². The Morgan fingerprint density at radius 3 is 2.62 bits per heavy atom. The molecule has 0 saturated heterocycles. The summed E-state index contributed by atoms with van der Waals surface area (Å²) < 4.78 is 13.2. The summed E-state index contributed by atoms with van der Waals surface area (Å²) in [7, 11) is 1.64. The summed E-state index contributed by atoms with van der Waals surface area (Å²) in [4.78, 5) is 0. The van der Waals surface area contributed by atoms with Gasteiger partial charge in [0.05, 0.1) is 12.4 Å². The second-order valence-electron chi connectivity index (χ2n) is 6.29. The second kappa shape index (κ2) is 7.11. The zero-order valence-corrected chi connectivity index (χ0v) is 15.9. The maximum atomic E-state index is 5.88. The smallest absolute Gasteiger partial charge is 0.247 e. The normalized spacial score (nSPS) is 15.2. The molecule has 0 aliphatic heterocycles. The predicted molar refractivity (Wildman–Crippen MR) is 98.2 cm³/mol. The number of methoxy groups -OCH3 is 1. The molecule has 1 unspecified atom stereocenters. The molecule has 1 fully saturated rings. The highest BCUT2D eigenvalue weighted by molar-refractivity contribution is 7.99. The third kappa shape index (κ3) is 3.33. The van der Waals surface area contributed by atoms with Gasteiger partial charge < -0.3 is 13.7 Å². The number of rotatable bonds is 7. The Morgan fingerprint density at radius 2 is 1.96 bits per heavy atom. The van der Waals surface area contributed by atoms with Crippen LogP contribution in [0.15, 0.2) is 33.8 Å². The van der Waals surface area contributed by atoms with Gasteiger partial charge in [0.15, 0.2) is 5.16 Å². The van der Waals surface area contributed by atoms with Crippen LogP contribution in [0.2, 0.25) is 0 Å². The summed E-state index contributed by atoms with van der Waals surface area (Å²) in [6, 6.07) is 7.56. The first-order valence-corrected chi connectivity index (χ1v) is 9.65. The largest absolute Gasteiger partial charge is 0.497 e. The lowest BCUT2D eigenvalue weighted by molar-refractivity contribution is 0.415. The van der Waals surface area contributed by atoms with Crippen LogP contribution in [-0.4, -0.2) is 32.1 Å². The Morgan fingerprint density at radius 1 is 1.19 bits per heavy atom. The van der Waals surface area contributed by atoms with E-state index in [1.807, 2.05) is 31.2 Å². The lowest BCUT2D eigenvalue weighted by Crippen LogP contribution is -2.02. The number of ether oxygens (including phenoxy) is 1. The number of aromatic nitrogens is 5. The monoisotopic (exact) mass is 371 g/mol. The Kier molecular flexibility index (Phi) is 4.67. The number of hydrogen-bond donors (Lipinski definition) is 0. The molecule has 0 bridgehead atoms. The fourth-order valence-electron chi connectivity index (χ4n) is 2.79. The topological polar surface area (TPSA) is 78.9 Å². The van der Waals surface area contributed by atoms with Crippen LogP contribution < -0.4 is 4.74 Å². The van der Waals surface area contributed by atoms with Crippen LogP contribution in [0.3, 0.4) is 0 Å². The van der Waals surface area contributed by atoms with Crippen molar-refractivity contribution in [3.63, 3.8) is 0 Å². The molecule has 2 heterocycles. The van der Waals surface area contributed by atoms with Crippen molar-refractivity contribution in [3.8, 4) is 17.2 Å². The molecule has 3 aromatic rings. The second-order valence-corrected chi connectivity index (χ2v) is 7.60. The molecule has 0 spiro atoms. The lowest BCUT2D eigenvalue weighted by atomic mass is 10.2. The molecule has 8 heteroatoms. The van der Waals surface area contributed by atoms with E-state index in [1.54, 1.807) is 18.9 Å². The fourth-order valence-corrected chi connectivity index (χ4v) is 3.74. The molecular formula is C18H21N5O2S. The molecule has 7 nitrogen and oxygen atoms in total. The Labute approximate surface area is 156 Å². The summed E-state index contributed by atoms with van der Waals surface area (Å²) >= 11 is 1.60. The van der Waals surface area contributed by atoms with Gasteiger partial charge in [-0.1, -0.05) is 11.8 Å². The van der Waals surface area contributed by atoms with Gasteiger partial charge in [-0.05, 0) is 51.0 Å². The van der Waals surface area contributed by atoms with Gasteiger partial charge in [0, 0.05) is 18.0 Å². The number of hydrogen-bond acceptors (Lipinski definition) is 7. The van der Waals surface area contributed by atoms with Gasteiger partial charge in [-0.15, -0.1) is 20.4 Å². The van der Waals surface area contributed by atoms with Crippen LogP contribution in [0.25, 0.3) is 11.5 Å². The molecule has 26 heavy (non-hydrogen) atoms. The Bertz CT molecular complexity index is 885. The van der Waals surface area contributed by atoms with E-state index in [0.717, 1.165) is 28.8 Å². The highest BCUT2D eigenvalue weighted by Crippen LogP contribution is 2.41. The molecule has 0 radical (unpaired) electrons. The molecule has 0 N–H and O–H groups in total. The first kappa shape index (κ1) is 17.1. The van der Waals surface area contributed by atoms with Gasteiger partial charge in [0.25, 0.3) is 0 Å². The molecule has 4 rings (SSSR count). The molecule has 1 atom stereocenters. The molecule has 1 aliphatic carbocycles. The summed E-state index contributed by atoms with van der Waals surface area (Å²) in [5, 5.41) is 18.0. The fraction of sp³-hybridized carbons (Fsp3) is 0.444. The average molecular weight is 371 g/mol. The van der Waals surface area contributed by atoms with Crippen LogP contribution in [-0.2, 0) is 6.54 Å². The Balaban J connectivity index is 1.50. The van der Waals surface area contributed by atoms with Gasteiger partial charge >= 0.3 is 0 Å². The molecule has 1 saturated carbocycles. The van der Waals surface area contributed by atoms with E-state index < -0.39 is 0 Å². The van der Waals surface area contributed by atoms with Gasteiger partial charge in [0.1, 0.15) is 11.6 Å². The highest BCUT2D eigenvalue weighted by Gasteiger charge is 2.30. The summed E-state index contributed by atoms with van der Waals surface area (Å²) in [5.74, 6) is 3.57. The maximum absolute atomic E-state index is 5.88. The van der Waals surface area contributed by atoms with Crippen LogP contribution >= 0.6 is 11.8 Å². The highest BCUT2D eigenvalue weighted by atomic mass is 32.2. The average Bonchev–Trinajstić information content (AvgIpc) is 3.25. The van der Waals surface area contributed by atoms with Crippen molar-refractivity contribution in [2.45, 2.75) is 49.6 Å². The number of thioether (sulfide) groups is 1. The van der Waals surface area contributed by atoms with E-state index in [-0.39, 0.29) is 5.25 Å². The van der Waals surface area contributed by atoms with Crippen LogP contribution in [0, 0.1) is 0 Å². The molecular weight excluding hydrogens is 350 g/mol. The van der Waals surface area contributed by atoms with E-state index >= 15 is 0 Å². The van der Waals surface area contributed by atoms with E-state index in [9.17, 15) is 0 Å². The van der Waals surface area contributed by atoms with Gasteiger partial charge in [0.2, 0.25) is 11.8 Å². The van der Waals surface area contributed by atoms with E-state index in [4.69, 9.17) is 9.15 Å². The van der Waals surface area contributed by atoms with E-state index in [1.165, 1.54) is 12.8 Å². The van der Waals surface area contributed by atoms with Gasteiger partial charge in [-0.3, -0.25) is 0 Å². The van der Waals surface area contributed by atoms with Crippen molar-refractivity contribution in [2.75, 3.05) is 7.11 Å². The third-order valence-corrected chi connectivity index (χ3v) is 5.48. The predicted octanol–water partition coefficient (Wildman–Crippen LogP) is 4.09. The van der Waals surface area contributed by atoms with Gasteiger partial charge in [-0.2, -0.15) is 0 Å². The molecule has 1 aliphatic rings. The number of benzene rings is 1. The third-order valence-electron chi connectivity index (χ3n) is 4.41. The van der Waals surface area contributed by atoms with E-state index in [0.29, 0.717) is 17.7 Å². The quantitative estimate of drug-likeness (QED) is 0.579. The molecule has 2 aromatic heterocycles. The molecule has 136 valence electrons. The molecule has 0 amide bonds.